The van der Waals surface area contributed by atoms with Crippen molar-refractivity contribution in [1.82, 2.24) is 9.97 Å². The molecule has 0 aliphatic carbocycles. The zero-order valence-electron chi connectivity index (χ0n) is 12.9. The fourth-order valence-electron chi connectivity index (χ4n) is 2.60. The molecular formula is C18H14ClN3OS. The molecule has 0 saturated carbocycles. The van der Waals surface area contributed by atoms with E-state index >= 15 is 0 Å². The van der Waals surface area contributed by atoms with Gasteiger partial charge in [-0.05, 0) is 24.3 Å². The molecule has 24 heavy (non-hydrogen) atoms. The van der Waals surface area contributed by atoms with Crippen molar-refractivity contribution in [1.29, 1.82) is 0 Å². The van der Waals surface area contributed by atoms with Gasteiger partial charge in [-0.25, -0.2) is 9.97 Å². The number of nitrogens with one attached hydrogen (secondary N) is 1. The Bertz CT molecular complexity index is 917. The molecule has 0 unspecified atom stereocenters. The monoisotopic (exact) mass is 355 g/mol. The summed E-state index contributed by atoms with van der Waals surface area (Å²) >= 11 is 7.86. The lowest BCUT2D eigenvalue weighted by atomic mass is 10.1. The van der Waals surface area contributed by atoms with Gasteiger partial charge in [0.05, 0.1) is 12.8 Å². The number of benzene rings is 2. The lowest BCUT2D eigenvalue weighted by molar-refractivity contribution is 0.415. The van der Waals surface area contributed by atoms with E-state index < -0.39 is 0 Å². The van der Waals surface area contributed by atoms with Crippen LogP contribution >= 0.6 is 23.4 Å². The van der Waals surface area contributed by atoms with Crippen molar-refractivity contribution in [3.63, 3.8) is 0 Å². The van der Waals surface area contributed by atoms with Crippen molar-refractivity contribution in [2.24, 2.45) is 0 Å². The molecule has 0 atom stereocenters. The zero-order valence-corrected chi connectivity index (χ0v) is 14.5. The molecule has 4 rings (SSSR count). The highest BCUT2D eigenvalue weighted by Crippen LogP contribution is 2.41. The summed E-state index contributed by atoms with van der Waals surface area (Å²) in [5.74, 6) is 2.20. The quantitative estimate of drug-likeness (QED) is 0.703. The summed E-state index contributed by atoms with van der Waals surface area (Å²) in [5.41, 5.74) is 4.07. The minimum Gasteiger partial charge on any atom is -0.497 e. The van der Waals surface area contributed by atoms with E-state index in [1.807, 2.05) is 48.7 Å². The number of hydrogen-bond donors (Lipinski definition) is 1. The second-order valence-corrected chi connectivity index (χ2v) is 6.81. The first-order valence-corrected chi connectivity index (χ1v) is 8.79. The standard InChI is InChI=1S/C18H14ClN3OS/c1-23-14-4-2-3-13(8-14)21-18-20-9-11-10-24-16-7-12(19)5-6-15(16)17(11)22-18/h2-9H,10H2,1H3,(H,20,21,22). The SMILES string of the molecule is COc1cccc(Nc2ncc3c(n2)-c2ccc(Cl)cc2SC3)c1. The van der Waals surface area contributed by atoms with Crippen LogP contribution in [0.4, 0.5) is 11.6 Å². The zero-order chi connectivity index (χ0) is 16.5. The van der Waals surface area contributed by atoms with E-state index in [0.29, 0.717) is 5.95 Å². The molecule has 3 aromatic rings. The van der Waals surface area contributed by atoms with Crippen LogP contribution < -0.4 is 10.1 Å². The molecular weight excluding hydrogens is 342 g/mol. The molecule has 2 heterocycles. The summed E-state index contributed by atoms with van der Waals surface area (Å²) in [5, 5.41) is 3.98. The fourth-order valence-corrected chi connectivity index (χ4v) is 3.89. The Morgan fingerprint density at radius 3 is 3.00 bits per heavy atom. The summed E-state index contributed by atoms with van der Waals surface area (Å²) in [7, 11) is 1.65. The van der Waals surface area contributed by atoms with Crippen molar-refractivity contribution in [3.8, 4) is 17.0 Å². The molecule has 1 aromatic heterocycles. The molecule has 6 heteroatoms. The summed E-state index contributed by atoms with van der Waals surface area (Å²) in [6, 6.07) is 13.6. The van der Waals surface area contributed by atoms with Crippen molar-refractivity contribution >= 4 is 35.0 Å². The molecule has 1 aliphatic heterocycles. The van der Waals surface area contributed by atoms with Crippen LogP contribution in [0.15, 0.2) is 53.6 Å². The van der Waals surface area contributed by atoms with E-state index in [0.717, 1.165) is 43.9 Å². The van der Waals surface area contributed by atoms with Crippen LogP contribution in [0.3, 0.4) is 0 Å². The van der Waals surface area contributed by atoms with E-state index in [9.17, 15) is 0 Å². The van der Waals surface area contributed by atoms with Crippen molar-refractivity contribution in [3.05, 3.63) is 59.2 Å². The minimum atomic E-state index is 0.565. The van der Waals surface area contributed by atoms with Gasteiger partial charge in [0.1, 0.15) is 5.75 Å². The number of rotatable bonds is 3. The molecule has 0 fully saturated rings. The second kappa shape index (κ2) is 6.34. The molecule has 2 aromatic carbocycles. The highest BCUT2D eigenvalue weighted by Gasteiger charge is 2.19. The van der Waals surface area contributed by atoms with E-state index in [2.05, 4.69) is 10.3 Å². The average Bonchev–Trinajstić information content (AvgIpc) is 2.61. The Morgan fingerprint density at radius 2 is 2.12 bits per heavy atom. The lowest BCUT2D eigenvalue weighted by Crippen LogP contribution is -2.04. The van der Waals surface area contributed by atoms with Crippen LogP contribution in [-0.2, 0) is 5.75 Å². The van der Waals surface area contributed by atoms with Gasteiger partial charge in [-0.3, -0.25) is 0 Å². The van der Waals surface area contributed by atoms with Crippen LogP contribution in [0, 0.1) is 0 Å². The summed E-state index contributed by atoms with van der Waals surface area (Å²) < 4.78 is 5.24. The van der Waals surface area contributed by atoms with Crippen LogP contribution in [-0.4, -0.2) is 17.1 Å². The molecule has 0 spiro atoms. The molecule has 0 saturated heterocycles. The van der Waals surface area contributed by atoms with Gasteiger partial charge in [0.25, 0.3) is 0 Å². The number of methoxy groups -OCH3 is 1. The van der Waals surface area contributed by atoms with E-state index in [4.69, 9.17) is 21.3 Å². The van der Waals surface area contributed by atoms with Gasteiger partial charge in [0.15, 0.2) is 0 Å². The van der Waals surface area contributed by atoms with Crippen molar-refractivity contribution < 1.29 is 4.74 Å². The Kier molecular flexibility index (Phi) is 4.04. The van der Waals surface area contributed by atoms with Gasteiger partial charge in [-0.2, -0.15) is 0 Å². The Morgan fingerprint density at radius 1 is 1.21 bits per heavy atom. The van der Waals surface area contributed by atoms with Crippen LogP contribution in [0.1, 0.15) is 5.56 Å². The summed E-state index contributed by atoms with van der Waals surface area (Å²) in [6.07, 6.45) is 1.88. The summed E-state index contributed by atoms with van der Waals surface area (Å²) in [6.45, 7) is 0. The highest BCUT2D eigenvalue weighted by atomic mass is 35.5. The van der Waals surface area contributed by atoms with Crippen LogP contribution in [0.25, 0.3) is 11.3 Å². The van der Waals surface area contributed by atoms with Crippen LogP contribution in [0.2, 0.25) is 5.02 Å². The van der Waals surface area contributed by atoms with Crippen molar-refractivity contribution in [2.45, 2.75) is 10.6 Å². The van der Waals surface area contributed by atoms with Crippen LogP contribution in [0.5, 0.6) is 5.75 Å². The third-order valence-electron chi connectivity index (χ3n) is 3.77. The van der Waals surface area contributed by atoms with Crippen molar-refractivity contribution in [2.75, 3.05) is 12.4 Å². The molecule has 0 bridgehead atoms. The minimum absolute atomic E-state index is 0.565. The normalized spacial score (nSPS) is 12.2. The molecule has 0 radical (unpaired) electrons. The molecule has 1 aliphatic rings. The largest absolute Gasteiger partial charge is 0.497 e. The van der Waals surface area contributed by atoms with Gasteiger partial charge in [0, 0.05) is 44.7 Å². The molecule has 1 N–H and O–H groups in total. The smallest absolute Gasteiger partial charge is 0.227 e. The van der Waals surface area contributed by atoms with E-state index in [1.165, 1.54) is 0 Å². The van der Waals surface area contributed by atoms with Gasteiger partial charge in [-0.15, -0.1) is 11.8 Å². The first-order chi connectivity index (χ1) is 11.7. The van der Waals surface area contributed by atoms with Gasteiger partial charge in [-0.1, -0.05) is 23.7 Å². The topological polar surface area (TPSA) is 47.0 Å². The van der Waals surface area contributed by atoms with Gasteiger partial charge < -0.3 is 10.1 Å². The number of thioether (sulfide) groups is 1. The molecule has 0 amide bonds. The fraction of sp³-hybridized carbons (Fsp3) is 0.111. The average molecular weight is 356 g/mol. The third-order valence-corrected chi connectivity index (χ3v) is 5.11. The Hall–Kier alpha value is -2.24. The maximum Gasteiger partial charge on any atom is 0.227 e. The molecule has 4 nitrogen and oxygen atoms in total. The molecule has 120 valence electrons. The second-order valence-electron chi connectivity index (χ2n) is 5.35. The number of halogens is 1. The predicted molar refractivity (Wildman–Crippen MR) is 98.3 cm³/mol. The number of anilines is 2. The number of fused-ring (bicyclic) bond motifs is 3. The first-order valence-electron chi connectivity index (χ1n) is 7.42. The maximum absolute atomic E-state index is 6.10. The number of ether oxygens (including phenoxy) is 1. The van der Waals surface area contributed by atoms with E-state index in [-0.39, 0.29) is 0 Å². The number of aromatic nitrogens is 2. The highest BCUT2D eigenvalue weighted by molar-refractivity contribution is 7.98. The Labute approximate surface area is 149 Å². The Balaban J connectivity index is 1.70. The van der Waals surface area contributed by atoms with Gasteiger partial charge in [0.2, 0.25) is 5.95 Å². The van der Waals surface area contributed by atoms with Gasteiger partial charge >= 0.3 is 0 Å². The maximum atomic E-state index is 6.10. The summed E-state index contributed by atoms with van der Waals surface area (Å²) in [4.78, 5) is 10.3. The van der Waals surface area contributed by atoms with E-state index in [1.54, 1.807) is 18.9 Å². The third kappa shape index (κ3) is 2.92. The first kappa shape index (κ1) is 15.3. The predicted octanol–water partition coefficient (Wildman–Crippen LogP) is 5.15. The lowest BCUT2D eigenvalue weighted by Gasteiger charge is -2.19. The number of hydrogen-bond acceptors (Lipinski definition) is 5. The number of nitrogens with zero attached hydrogens (tertiary/aromatic N) is 2.